The number of imidazole rings is 1. The minimum atomic E-state index is -0.408. The zero-order chi connectivity index (χ0) is 23.8. The van der Waals surface area contributed by atoms with Crippen LogP contribution in [-0.2, 0) is 27.2 Å². The van der Waals surface area contributed by atoms with Crippen LogP contribution in [0.3, 0.4) is 0 Å². The zero-order valence-electron chi connectivity index (χ0n) is 19.3. The predicted molar refractivity (Wildman–Crippen MR) is 135 cm³/mol. The summed E-state index contributed by atoms with van der Waals surface area (Å²) in [5.74, 6) is 0.706. The van der Waals surface area contributed by atoms with Crippen molar-refractivity contribution in [1.82, 2.24) is 23.6 Å². The molecule has 34 heavy (non-hydrogen) atoms. The molecule has 0 N–H and O–H groups in total. The largest absolute Gasteiger partial charge is 0.340 e. The maximum atomic E-state index is 13.4. The highest BCUT2D eigenvalue weighted by molar-refractivity contribution is 6.31. The maximum absolute atomic E-state index is 13.4. The highest BCUT2D eigenvalue weighted by Gasteiger charge is 2.25. The highest BCUT2D eigenvalue weighted by atomic mass is 35.5. The third kappa shape index (κ3) is 4.03. The molecule has 1 fully saturated rings. The van der Waals surface area contributed by atoms with Crippen LogP contribution < -0.4 is 16.1 Å². The van der Waals surface area contributed by atoms with Gasteiger partial charge in [-0.25, -0.2) is 4.79 Å². The summed E-state index contributed by atoms with van der Waals surface area (Å²) in [4.78, 5) is 35.8. The summed E-state index contributed by atoms with van der Waals surface area (Å²) in [5, 5.41) is 0.524. The lowest BCUT2D eigenvalue weighted by atomic mass is 10.2. The molecule has 0 aliphatic carbocycles. The summed E-state index contributed by atoms with van der Waals surface area (Å²) in [5.41, 5.74) is 2.06. The Hall–Kier alpha value is -3.36. The molecule has 0 radical (unpaired) electrons. The fraction of sp³-hybridized carbons (Fsp3) is 0.320. The van der Waals surface area contributed by atoms with Crippen LogP contribution in [0.25, 0.3) is 11.2 Å². The van der Waals surface area contributed by atoms with E-state index in [4.69, 9.17) is 16.6 Å². The summed E-state index contributed by atoms with van der Waals surface area (Å²) in [6, 6.07) is 17.7. The quantitative estimate of drug-likeness (QED) is 0.441. The van der Waals surface area contributed by atoms with Gasteiger partial charge in [-0.05, 0) is 17.2 Å². The zero-order valence-corrected chi connectivity index (χ0v) is 20.1. The molecule has 8 nitrogen and oxygen atoms in total. The Kier molecular flexibility index (Phi) is 6.02. The number of hydrogen-bond donors (Lipinski definition) is 0. The Balaban J connectivity index is 1.44. The molecule has 1 aliphatic rings. The van der Waals surface area contributed by atoms with E-state index < -0.39 is 5.69 Å². The van der Waals surface area contributed by atoms with Gasteiger partial charge in [0.1, 0.15) is 0 Å². The van der Waals surface area contributed by atoms with Gasteiger partial charge in [0.15, 0.2) is 11.2 Å². The Labute approximate surface area is 202 Å². The molecule has 4 aromatic rings. The molecule has 176 valence electrons. The lowest BCUT2D eigenvalue weighted by Gasteiger charge is -2.35. The number of anilines is 1. The van der Waals surface area contributed by atoms with Crippen LogP contribution in [0.5, 0.6) is 0 Å². The van der Waals surface area contributed by atoms with E-state index in [1.807, 2.05) is 35.9 Å². The molecule has 0 bridgehead atoms. The van der Waals surface area contributed by atoms with E-state index in [2.05, 4.69) is 34.1 Å². The summed E-state index contributed by atoms with van der Waals surface area (Å²) in [6.45, 7) is 4.41. The number of fused-ring (bicyclic) bond motifs is 1. The molecule has 2 aromatic carbocycles. The fourth-order valence-electron chi connectivity index (χ4n) is 4.60. The second-order valence-electron chi connectivity index (χ2n) is 8.72. The number of rotatable bonds is 5. The first-order chi connectivity index (χ1) is 16.4. The molecule has 0 spiro atoms. The van der Waals surface area contributed by atoms with Gasteiger partial charge in [0.2, 0.25) is 5.95 Å². The number of aromatic nitrogens is 4. The summed E-state index contributed by atoms with van der Waals surface area (Å²) < 4.78 is 4.49. The Morgan fingerprint density at radius 2 is 1.53 bits per heavy atom. The lowest BCUT2D eigenvalue weighted by molar-refractivity contribution is 0.248. The molecule has 5 rings (SSSR count). The van der Waals surface area contributed by atoms with Gasteiger partial charge in [0.05, 0.1) is 6.54 Å². The molecular weight excluding hydrogens is 452 g/mol. The molecule has 9 heteroatoms. The molecule has 0 amide bonds. The van der Waals surface area contributed by atoms with Gasteiger partial charge in [-0.15, -0.1) is 0 Å². The third-order valence-corrected chi connectivity index (χ3v) is 6.90. The number of nitrogens with zero attached hydrogens (tertiary/aromatic N) is 6. The number of piperazine rings is 1. The van der Waals surface area contributed by atoms with Crippen molar-refractivity contribution in [2.45, 2.75) is 13.1 Å². The van der Waals surface area contributed by atoms with Gasteiger partial charge < -0.3 is 9.47 Å². The molecule has 1 aliphatic heterocycles. The molecule has 2 aromatic heterocycles. The van der Waals surface area contributed by atoms with E-state index in [1.165, 1.54) is 14.7 Å². The molecule has 0 saturated carbocycles. The van der Waals surface area contributed by atoms with Crippen molar-refractivity contribution < 1.29 is 0 Å². The summed E-state index contributed by atoms with van der Waals surface area (Å²) >= 11 is 6.28. The van der Waals surface area contributed by atoms with Gasteiger partial charge in [-0.2, -0.15) is 4.98 Å². The van der Waals surface area contributed by atoms with E-state index in [-0.39, 0.29) is 12.1 Å². The van der Waals surface area contributed by atoms with Gasteiger partial charge in [0, 0.05) is 51.8 Å². The Bertz CT molecular complexity index is 1450. The smallest absolute Gasteiger partial charge is 0.332 e. The first-order valence-electron chi connectivity index (χ1n) is 11.3. The topological polar surface area (TPSA) is 68.3 Å². The molecule has 3 heterocycles. The van der Waals surface area contributed by atoms with Crippen molar-refractivity contribution in [1.29, 1.82) is 0 Å². The Morgan fingerprint density at radius 3 is 2.24 bits per heavy atom. The number of hydrogen-bond acceptors (Lipinski definition) is 5. The minimum absolute atomic E-state index is 0.111. The summed E-state index contributed by atoms with van der Waals surface area (Å²) in [6.07, 6.45) is 0. The highest BCUT2D eigenvalue weighted by Crippen LogP contribution is 2.21. The van der Waals surface area contributed by atoms with Crippen molar-refractivity contribution in [3.8, 4) is 0 Å². The van der Waals surface area contributed by atoms with Crippen LogP contribution in [0.15, 0.2) is 64.2 Å². The third-order valence-electron chi connectivity index (χ3n) is 6.53. The normalized spacial score (nSPS) is 14.7. The van der Waals surface area contributed by atoms with E-state index in [1.54, 1.807) is 13.1 Å². The fourth-order valence-corrected chi connectivity index (χ4v) is 4.79. The van der Waals surface area contributed by atoms with Crippen molar-refractivity contribution in [2.75, 3.05) is 31.1 Å². The maximum Gasteiger partial charge on any atom is 0.332 e. The van der Waals surface area contributed by atoms with E-state index in [0.717, 1.165) is 38.3 Å². The summed E-state index contributed by atoms with van der Waals surface area (Å²) in [7, 11) is 3.49. The van der Waals surface area contributed by atoms with E-state index in [9.17, 15) is 9.59 Å². The van der Waals surface area contributed by atoms with Gasteiger partial charge in [-0.1, -0.05) is 60.1 Å². The SMILES string of the molecule is Cn1c(N2CCN(Cc3ccccc3)CC2)nc2c1c(=O)n(Cc1ccccc1Cl)c(=O)n2C. The first kappa shape index (κ1) is 22.4. The average molecular weight is 479 g/mol. The van der Waals surface area contributed by atoms with Gasteiger partial charge >= 0.3 is 5.69 Å². The second-order valence-corrected chi connectivity index (χ2v) is 9.12. The Morgan fingerprint density at radius 1 is 0.853 bits per heavy atom. The second kappa shape index (κ2) is 9.12. The minimum Gasteiger partial charge on any atom is -0.340 e. The molecular formula is C25H27ClN6O2. The van der Waals surface area contributed by atoms with Crippen molar-refractivity contribution in [2.24, 2.45) is 14.1 Å². The van der Waals surface area contributed by atoms with Crippen LogP contribution in [0.4, 0.5) is 5.95 Å². The van der Waals surface area contributed by atoms with E-state index >= 15 is 0 Å². The van der Waals surface area contributed by atoms with Gasteiger partial charge in [0.25, 0.3) is 5.56 Å². The molecule has 1 saturated heterocycles. The first-order valence-corrected chi connectivity index (χ1v) is 11.7. The predicted octanol–water partition coefficient (Wildman–Crippen LogP) is 2.46. The van der Waals surface area contributed by atoms with E-state index in [0.29, 0.717) is 22.1 Å². The number of aryl methyl sites for hydroxylation is 2. The van der Waals surface area contributed by atoms with Crippen LogP contribution in [0, 0.1) is 0 Å². The molecule has 0 atom stereocenters. The number of halogens is 1. The van der Waals surface area contributed by atoms with Crippen LogP contribution in [0.1, 0.15) is 11.1 Å². The number of benzene rings is 2. The van der Waals surface area contributed by atoms with Crippen LogP contribution in [0.2, 0.25) is 5.02 Å². The monoisotopic (exact) mass is 478 g/mol. The van der Waals surface area contributed by atoms with Crippen molar-refractivity contribution in [3.63, 3.8) is 0 Å². The van der Waals surface area contributed by atoms with Crippen molar-refractivity contribution >= 4 is 28.7 Å². The average Bonchev–Trinajstić information content (AvgIpc) is 3.20. The lowest BCUT2D eigenvalue weighted by Crippen LogP contribution is -2.46. The molecule has 0 unspecified atom stereocenters. The standard InChI is InChI=1S/C25H27ClN6O2/c1-28-21-22(29(2)25(34)32(23(21)33)17-19-10-6-7-11-20(19)26)27-24(28)31-14-12-30(13-15-31)16-18-8-4-3-5-9-18/h3-11H,12-17H2,1-2H3. The van der Waals surface area contributed by atoms with Crippen molar-refractivity contribution in [3.05, 3.63) is 91.6 Å². The van der Waals surface area contributed by atoms with Crippen LogP contribution in [-0.4, -0.2) is 49.8 Å². The van der Waals surface area contributed by atoms with Gasteiger partial charge in [-0.3, -0.25) is 18.8 Å². The van der Waals surface area contributed by atoms with Crippen LogP contribution >= 0.6 is 11.6 Å².